The van der Waals surface area contributed by atoms with E-state index in [1.54, 1.807) is 55.8 Å². The van der Waals surface area contributed by atoms with Gasteiger partial charge in [0.25, 0.3) is 10.0 Å². The molecule has 0 saturated carbocycles. The highest BCUT2D eigenvalue weighted by atomic mass is 32.2. The average Bonchev–Trinajstić information content (AvgIpc) is 3.64. The van der Waals surface area contributed by atoms with Crippen molar-refractivity contribution in [2.24, 2.45) is 0 Å². The van der Waals surface area contributed by atoms with Gasteiger partial charge in [0.15, 0.2) is 11.0 Å². The number of hydrogen-bond acceptors (Lipinski definition) is 7. The molecule has 11 heteroatoms. The number of anilines is 1. The lowest BCUT2D eigenvalue weighted by Crippen LogP contribution is -2.15. The molecule has 0 aliphatic heterocycles. The van der Waals surface area contributed by atoms with Crippen molar-refractivity contribution in [3.63, 3.8) is 0 Å². The summed E-state index contributed by atoms with van der Waals surface area (Å²) in [5, 5.41) is 13.1. The summed E-state index contributed by atoms with van der Waals surface area (Å²) in [6, 6.07) is 28.8. The molecule has 0 fully saturated rings. The van der Waals surface area contributed by atoms with Gasteiger partial charge in [0.2, 0.25) is 5.91 Å². The number of aromatic nitrogens is 4. The molecule has 0 spiro atoms. The highest BCUT2D eigenvalue weighted by molar-refractivity contribution is 7.99. The molecule has 1 N–H and O–H groups in total. The van der Waals surface area contributed by atoms with Crippen molar-refractivity contribution >= 4 is 44.3 Å². The van der Waals surface area contributed by atoms with Crippen molar-refractivity contribution in [3.05, 3.63) is 114 Å². The zero-order valence-electron chi connectivity index (χ0n) is 24.3. The number of benzene rings is 4. The second-order valence-corrected chi connectivity index (χ2v) is 12.9. The first-order valence-corrected chi connectivity index (χ1v) is 16.2. The average molecular weight is 624 g/mol. The number of amides is 1. The summed E-state index contributed by atoms with van der Waals surface area (Å²) in [4.78, 5) is 13.2. The second-order valence-electron chi connectivity index (χ2n) is 10.2. The van der Waals surface area contributed by atoms with E-state index < -0.39 is 10.0 Å². The van der Waals surface area contributed by atoms with Crippen molar-refractivity contribution < 1.29 is 17.9 Å². The Morgan fingerprint density at radius 3 is 2.36 bits per heavy atom. The van der Waals surface area contributed by atoms with Crippen LogP contribution >= 0.6 is 11.8 Å². The Morgan fingerprint density at radius 2 is 1.64 bits per heavy atom. The fourth-order valence-corrected chi connectivity index (χ4v) is 7.15. The summed E-state index contributed by atoms with van der Waals surface area (Å²) in [6.07, 6.45) is 1.58. The maximum absolute atomic E-state index is 13.8. The Bertz CT molecular complexity index is 2090. The fraction of sp³-hybridized carbons (Fsp3) is 0.121. The van der Waals surface area contributed by atoms with Gasteiger partial charge in [-0.2, -0.15) is 0 Å². The van der Waals surface area contributed by atoms with E-state index in [0.29, 0.717) is 33.2 Å². The summed E-state index contributed by atoms with van der Waals surface area (Å²) in [7, 11) is -2.31. The van der Waals surface area contributed by atoms with Gasteiger partial charge in [-0.3, -0.25) is 9.36 Å². The molecule has 6 rings (SSSR count). The minimum atomic E-state index is -3.91. The number of aryl methyl sites for hydroxylation is 2. The molecule has 1 amide bonds. The number of hydrogen-bond donors (Lipinski definition) is 1. The fourth-order valence-electron chi connectivity index (χ4n) is 5.01. The zero-order chi connectivity index (χ0) is 30.8. The minimum absolute atomic E-state index is 0.0890. The largest absolute Gasteiger partial charge is 0.497 e. The van der Waals surface area contributed by atoms with Crippen LogP contribution < -0.4 is 10.1 Å². The van der Waals surface area contributed by atoms with Crippen molar-refractivity contribution in [1.29, 1.82) is 0 Å². The number of para-hydroxylation sites is 1. The van der Waals surface area contributed by atoms with E-state index >= 15 is 0 Å². The highest BCUT2D eigenvalue weighted by Crippen LogP contribution is 2.36. The summed E-state index contributed by atoms with van der Waals surface area (Å²) in [5.74, 6) is 1.02. The lowest BCUT2D eigenvalue weighted by atomic mass is 10.1. The molecule has 6 aromatic rings. The Morgan fingerprint density at radius 1 is 0.909 bits per heavy atom. The molecule has 0 aliphatic carbocycles. The van der Waals surface area contributed by atoms with Gasteiger partial charge in [0.05, 0.1) is 23.3 Å². The van der Waals surface area contributed by atoms with Crippen LogP contribution in [0.5, 0.6) is 5.75 Å². The third kappa shape index (κ3) is 5.59. The Kier molecular flexibility index (Phi) is 7.98. The molecule has 0 unspecified atom stereocenters. The van der Waals surface area contributed by atoms with Gasteiger partial charge in [-0.25, -0.2) is 12.4 Å². The molecule has 0 saturated heterocycles. The summed E-state index contributed by atoms with van der Waals surface area (Å²) in [6.45, 7) is 3.96. The third-order valence-corrected chi connectivity index (χ3v) is 9.79. The topological polar surface area (TPSA) is 108 Å². The van der Waals surface area contributed by atoms with Crippen LogP contribution in [0.3, 0.4) is 0 Å². The lowest BCUT2D eigenvalue weighted by Gasteiger charge is -2.12. The molecule has 44 heavy (non-hydrogen) atoms. The number of ether oxygens (including phenoxy) is 1. The van der Waals surface area contributed by atoms with Gasteiger partial charge in [-0.05, 0) is 67.9 Å². The highest BCUT2D eigenvalue weighted by Gasteiger charge is 2.25. The second kappa shape index (κ2) is 12.0. The number of rotatable bonds is 9. The van der Waals surface area contributed by atoms with Crippen molar-refractivity contribution in [2.75, 3.05) is 18.2 Å². The molecule has 2 heterocycles. The van der Waals surface area contributed by atoms with Gasteiger partial charge >= 0.3 is 0 Å². The molecule has 0 radical (unpaired) electrons. The van der Waals surface area contributed by atoms with Gasteiger partial charge in [-0.15, -0.1) is 10.2 Å². The van der Waals surface area contributed by atoms with Crippen LogP contribution in [-0.4, -0.2) is 45.9 Å². The molecule has 0 bridgehead atoms. The van der Waals surface area contributed by atoms with Crippen molar-refractivity contribution in [2.45, 2.75) is 23.9 Å². The number of nitrogens with one attached hydrogen (secondary N) is 1. The first kappa shape index (κ1) is 29.2. The van der Waals surface area contributed by atoms with E-state index in [1.807, 2.05) is 73.0 Å². The van der Waals surface area contributed by atoms with Crippen molar-refractivity contribution in [1.82, 2.24) is 18.7 Å². The Labute approximate surface area is 259 Å². The van der Waals surface area contributed by atoms with Crippen LogP contribution in [0.2, 0.25) is 0 Å². The number of carbonyl (C=O) groups excluding carboxylic acids is 1. The first-order chi connectivity index (χ1) is 21.3. The zero-order valence-corrected chi connectivity index (χ0v) is 25.9. The third-order valence-electron chi connectivity index (χ3n) is 7.17. The van der Waals surface area contributed by atoms with E-state index in [4.69, 9.17) is 4.74 Å². The van der Waals surface area contributed by atoms with E-state index in [1.165, 1.54) is 15.7 Å². The number of nitrogens with zero attached hydrogens (tertiary/aromatic N) is 4. The van der Waals surface area contributed by atoms with Crippen LogP contribution in [0.25, 0.3) is 28.0 Å². The quantitative estimate of drug-likeness (QED) is 0.184. The number of carbonyl (C=O) groups is 1. The van der Waals surface area contributed by atoms with Crippen LogP contribution in [0.15, 0.2) is 113 Å². The molecular formula is C33H29N5O4S2. The molecule has 4 aromatic carbocycles. The molecule has 2 aromatic heterocycles. The predicted molar refractivity (Wildman–Crippen MR) is 173 cm³/mol. The van der Waals surface area contributed by atoms with Crippen LogP contribution in [-0.2, 0) is 14.8 Å². The predicted octanol–water partition coefficient (Wildman–Crippen LogP) is 6.48. The molecule has 0 atom stereocenters. The van der Waals surface area contributed by atoms with Crippen LogP contribution in [0.1, 0.15) is 11.1 Å². The van der Waals surface area contributed by atoms with E-state index in [0.717, 1.165) is 22.5 Å². The molecule has 9 nitrogen and oxygen atoms in total. The maximum atomic E-state index is 13.8. The summed E-state index contributed by atoms with van der Waals surface area (Å²) >= 11 is 1.24. The van der Waals surface area contributed by atoms with Gasteiger partial charge < -0.3 is 10.1 Å². The van der Waals surface area contributed by atoms with Gasteiger partial charge in [-0.1, -0.05) is 65.9 Å². The van der Waals surface area contributed by atoms with Gasteiger partial charge in [0.1, 0.15) is 5.75 Å². The summed E-state index contributed by atoms with van der Waals surface area (Å²) in [5.41, 5.74) is 4.67. The standard InChI is InChI=1S/C33H29N5O4S2/c1-22-13-18-29(23(2)19-22)34-31(39)21-43-33-36-35-32(38(33)24-14-16-25(42-3)17-15-24)28-20-37(30-12-8-7-11-27(28)30)44(40,41)26-9-5-4-6-10-26/h4-20H,21H2,1-3H3,(H,34,39). The molecule has 222 valence electrons. The monoisotopic (exact) mass is 623 g/mol. The van der Waals surface area contributed by atoms with Crippen molar-refractivity contribution in [3.8, 4) is 22.8 Å². The van der Waals surface area contributed by atoms with E-state index in [9.17, 15) is 13.2 Å². The first-order valence-electron chi connectivity index (χ1n) is 13.8. The lowest BCUT2D eigenvalue weighted by molar-refractivity contribution is -0.113. The maximum Gasteiger partial charge on any atom is 0.268 e. The smallest absolute Gasteiger partial charge is 0.268 e. The molecular weight excluding hydrogens is 595 g/mol. The number of fused-ring (bicyclic) bond motifs is 1. The molecule has 0 aliphatic rings. The van der Waals surface area contributed by atoms with Crippen LogP contribution in [0, 0.1) is 13.8 Å². The number of methoxy groups -OCH3 is 1. The Hall–Kier alpha value is -4.87. The minimum Gasteiger partial charge on any atom is -0.497 e. The van der Waals surface area contributed by atoms with Gasteiger partial charge in [0, 0.05) is 28.5 Å². The van der Waals surface area contributed by atoms with E-state index in [2.05, 4.69) is 15.5 Å². The SMILES string of the molecule is COc1ccc(-n2c(SCC(=O)Nc3ccc(C)cc3C)nnc2-c2cn(S(=O)(=O)c3ccccc3)c3ccccc23)cc1. The van der Waals surface area contributed by atoms with Crippen LogP contribution in [0.4, 0.5) is 5.69 Å². The Balaban J connectivity index is 1.42. The summed E-state index contributed by atoms with van der Waals surface area (Å²) < 4.78 is 36.0. The van der Waals surface area contributed by atoms with E-state index in [-0.39, 0.29) is 16.6 Å². The number of thioether (sulfide) groups is 1. The normalized spacial score (nSPS) is 11.5.